The number of hydrogen-bond acceptors (Lipinski definition) is 4. The third-order valence-corrected chi connectivity index (χ3v) is 4.35. The van der Waals surface area contributed by atoms with Gasteiger partial charge in [0, 0.05) is 11.7 Å². The van der Waals surface area contributed by atoms with Crippen LogP contribution in [0.15, 0.2) is 36.7 Å². The van der Waals surface area contributed by atoms with Crippen molar-refractivity contribution in [2.45, 2.75) is 45.5 Å². The summed E-state index contributed by atoms with van der Waals surface area (Å²) in [6, 6.07) is 8.25. The van der Waals surface area contributed by atoms with E-state index in [1.165, 1.54) is 18.0 Å². The molecule has 1 heterocycles. The summed E-state index contributed by atoms with van der Waals surface area (Å²) >= 11 is 0. The van der Waals surface area contributed by atoms with E-state index >= 15 is 0 Å². The third-order valence-electron chi connectivity index (χ3n) is 3.24. The topological polar surface area (TPSA) is 55.2 Å². The SMILES string of the molecule is CC(CCc1ccc(-c2ncc(O)cn2)cc1)O[Si](C)(C)C. The van der Waals surface area contributed by atoms with Gasteiger partial charge in [-0.15, -0.1) is 0 Å². The Labute approximate surface area is 133 Å². The molecule has 0 aliphatic rings. The van der Waals surface area contributed by atoms with E-state index in [0.717, 1.165) is 18.4 Å². The summed E-state index contributed by atoms with van der Waals surface area (Å²) in [6.45, 7) is 8.80. The smallest absolute Gasteiger partial charge is 0.184 e. The summed E-state index contributed by atoms with van der Waals surface area (Å²) in [6.07, 6.45) is 5.14. The second kappa shape index (κ2) is 7.02. The van der Waals surface area contributed by atoms with Crippen molar-refractivity contribution < 1.29 is 9.53 Å². The Hall–Kier alpha value is -1.72. The maximum absolute atomic E-state index is 9.22. The minimum Gasteiger partial charge on any atom is -0.505 e. The fourth-order valence-corrected chi connectivity index (χ4v) is 3.65. The number of aryl methyl sites for hydroxylation is 1. The molecule has 1 unspecified atom stereocenters. The lowest BCUT2D eigenvalue weighted by atomic mass is 10.1. The average molecular weight is 316 g/mol. The molecular weight excluding hydrogens is 292 g/mol. The number of rotatable bonds is 6. The molecule has 4 nitrogen and oxygen atoms in total. The van der Waals surface area contributed by atoms with Gasteiger partial charge < -0.3 is 9.53 Å². The first-order valence-electron chi connectivity index (χ1n) is 7.61. The van der Waals surface area contributed by atoms with Crippen LogP contribution in [0.2, 0.25) is 19.6 Å². The summed E-state index contributed by atoms with van der Waals surface area (Å²) in [4.78, 5) is 8.23. The monoisotopic (exact) mass is 316 g/mol. The van der Waals surface area contributed by atoms with Crippen molar-refractivity contribution in [1.82, 2.24) is 9.97 Å². The lowest BCUT2D eigenvalue weighted by molar-refractivity contribution is 0.204. The summed E-state index contributed by atoms with van der Waals surface area (Å²) in [5.74, 6) is 0.705. The van der Waals surface area contributed by atoms with Crippen molar-refractivity contribution in [1.29, 1.82) is 0 Å². The molecule has 1 atom stereocenters. The van der Waals surface area contributed by atoms with E-state index in [1.807, 2.05) is 12.1 Å². The predicted molar refractivity (Wildman–Crippen MR) is 91.3 cm³/mol. The fraction of sp³-hybridized carbons (Fsp3) is 0.412. The largest absolute Gasteiger partial charge is 0.505 e. The molecule has 0 fully saturated rings. The van der Waals surface area contributed by atoms with Crippen LogP contribution in [0.5, 0.6) is 5.75 Å². The zero-order valence-corrected chi connectivity index (χ0v) is 14.7. The van der Waals surface area contributed by atoms with Gasteiger partial charge in [0.1, 0.15) is 0 Å². The molecule has 1 aromatic carbocycles. The molecule has 0 amide bonds. The van der Waals surface area contributed by atoms with Crippen LogP contribution in [-0.4, -0.2) is 29.5 Å². The molecule has 0 radical (unpaired) electrons. The second-order valence-electron chi connectivity index (χ2n) is 6.54. The highest BCUT2D eigenvalue weighted by molar-refractivity contribution is 6.69. The molecular formula is C17H24N2O2Si. The van der Waals surface area contributed by atoms with Gasteiger partial charge in [0.15, 0.2) is 19.9 Å². The quantitative estimate of drug-likeness (QED) is 0.818. The number of benzene rings is 1. The Morgan fingerprint density at radius 2 is 1.68 bits per heavy atom. The van der Waals surface area contributed by atoms with E-state index < -0.39 is 8.32 Å². The van der Waals surface area contributed by atoms with Crippen LogP contribution in [0.25, 0.3) is 11.4 Å². The van der Waals surface area contributed by atoms with E-state index in [2.05, 4.69) is 48.7 Å². The third kappa shape index (κ3) is 5.24. The molecule has 0 bridgehead atoms. The van der Waals surface area contributed by atoms with Crippen LogP contribution in [0.3, 0.4) is 0 Å². The van der Waals surface area contributed by atoms with Crippen LogP contribution in [0.4, 0.5) is 0 Å². The first-order valence-corrected chi connectivity index (χ1v) is 11.0. The molecule has 0 saturated carbocycles. The van der Waals surface area contributed by atoms with Crippen molar-refractivity contribution in [3.63, 3.8) is 0 Å². The molecule has 0 saturated heterocycles. The van der Waals surface area contributed by atoms with Crippen molar-refractivity contribution in [3.8, 4) is 17.1 Å². The molecule has 0 spiro atoms. The van der Waals surface area contributed by atoms with E-state index in [9.17, 15) is 5.11 Å². The van der Waals surface area contributed by atoms with E-state index in [4.69, 9.17) is 4.43 Å². The lowest BCUT2D eigenvalue weighted by Crippen LogP contribution is -2.30. The van der Waals surface area contributed by atoms with Gasteiger partial charge in [-0.3, -0.25) is 0 Å². The molecule has 22 heavy (non-hydrogen) atoms. The highest BCUT2D eigenvalue weighted by Gasteiger charge is 2.17. The van der Waals surface area contributed by atoms with Crippen molar-refractivity contribution in [3.05, 3.63) is 42.2 Å². The van der Waals surface area contributed by atoms with Crippen molar-refractivity contribution >= 4 is 8.32 Å². The van der Waals surface area contributed by atoms with Crippen LogP contribution < -0.4 is 0 Å². The highest BCUT2D eigenvalue weighted by atomic mass is 28.4. The zero-order chi connectivity index (χ0) is 16.2. The van der Waals surface area contributed by atoms with Gasteiger partial charge in [0.05, 0.1) is 12.4 Å². The maximum atomic E-state index is 9.22. The van der Waals surface area contributed by atoms with Crippen LogP contribution >= 0.6 is 0 Å². The first-order chi connectivity index (χ1) is 10.3. The van der Waals surface area contributed by atoms with Crippen LogP contribution in [0, 0.1) is 0 Å². The standard InChI is InChI=1S/C17H24N2O2Si/c1-13(21-22(2,3)4)5-6-14-7-9-15(10-8-14)17-18-11-16(20)12-19-17/h7-13,20H,5-6H2,1-4H3. The van der Waals surface area contributed by atoms with Gasteiger partial charge in [-0.25, -0.2) is 9.97 Å². The molecule has 1 aromatic heterocycles. The first kappa shape index (κ1) is 16.6. The van der Waals surface area contributed by atoms with E-state index in [1.54, 1.807) is 0 Å². The van der Waals surface area contributed by atoms with E-state index in [-0.39, 0.29) is 5.75 Å². The normalized spacial score (nSPS) is 13.1. The number of hydrogen-bond donors (Lipinski definition) is 1. The van der Waals surface area contributed by atoms with Gasteiger partial charge in [-0.05, 0) is 45.0 Å². The molecule has 0 aliphatic carbocycles. The summed E-state index contributed by atoms with van der Waals surface area (Å²) in [7, 11) is -1.45. The Morgan fingerprint density at radius 1 is 1.09 bits per heavy atom. The Kier molecular flexibility index (Phi) is 5.31. The van der Waals surface area contributed by atoms with E-state index in [0.29, 0.717) is 11.9 Å². The van der Waals surface area contributed by atoms with Crippen LogP contribution in [-0.2, 0) is 10.8 Å². The second-order valence-corrected chi connectivity index (χ2v) is 11.0. The molecule has 5 heteroatoms. The van der Waals surface area contributed by atoms with Gasteiger partial charge in [-0.2, -0.15) is 0 Å². The predicted octanol–water partition coefficient (Wildman–Crippen LogP) is 4.02. The number of aromatic hydroxyl groups is 1. The molecule has 2 aromatic rings. The zero-order valence-electron chi connectivity index (χ0n) is 13.7. The summed E-state index contributed by atoms with van der Waals surface area (Å²) < 4.78 is 6.06. The summed E-state index contributed by atoms with van der Waals surface area (Å²) in [5.41, 5.74) is 2.24. The minimum atomic E-state index is -1.45. The number of nitrogens with zero attached hydrogens (tertiary/aromatic N) is 2. The van der Waals surface area contributed by atoms with Crippen molar-refractivity contribution in [2.75, 3.05) is 0 Å². The fourth-order valence-electron chi connectivity index (χ4n) is 2.32. The van der Waals surface area contributed by atoms with Crippen molar-refractivity contribution in [2.24, 2.45) is 0 Å². The molecule has 2 rings (SSSR count). The highest BCUT2D eigenvalue weighted by Crippen LogP contribution is 2.18. The average Bonchev–Trinajstić information content (AvgIpc) is 2.45. The Balaban J connectivity index is 1.93. The lowest BCUT2D eigenvalue weighted by Gasteiger charge is -2.23. The summed E-state index contributed by atoms with van der Waals surface area (Å²) in [5, 5.41) is 9.22. The van der Waals surface area contributed by atoms with Crippen LogP contribution in [0.1, 0.15) is 18.9 Å². The number of aromatic nitrogens is 2. The van der Waals surface area contributed by atoms with Gasteiger partial charge in [-0.1, -0.05) is 24.3 Å². The van der Waals surface area contributed by atoms with Gasteiger partial charge >= 0.3 is 0 Å². The minimum absolute atomic E-state index is 0.0803. The van der Waals surface area contributed by atoms with Gasteiger partial charge in [0.2, 0.25) is 0 Å². The molecule has 118 valence electrons. The Morgan fingerprint density at radius 3 is 2.23 bits per heavy atom. The molecule has 1 N–H and O–H groups in total. The maximum Gasteiger partial charge on any atom is 0.184 e. The Bertz CT molecular complexity index is 592. The molecule has 0 aliphatic heterocycles. The van der Waals surface area contributed by atoms with Gasteiger partial charge in [0.25, 0.3) is 0 Å².